The van der Waals surface area contributed by atoms with E-state index >= 15 is 0 Å². The van der Waals surface area contributed by atoms with E-state index in [0.717, 1.165) is 24.0 Å². The van der Waals surface area contributed by atoms with Crippen molar-refractivity contribution in [3.8, 4) is 0 Å². The summed E-state index contributed by atoms with van der Waals surface area (Å²) in [6, 6.07) is 5.35. The Labute approximate surface area is 191 Å². The fourth-order valence-electron chi connectivity index (χ4n) is 3.28. The highest BCUT2D eigenvalue weighted by molar-refractivity contribution is 14.0. The summed E-state index contributed by atoms with van der Waals surface area (Å²) < 4.78 is 46.6. The number of hydrogen-bond donors (Lipinski definition) is 1. The third-order valence-electron chi connectivity index (χ3n) is 4.71. The highest BCUT2D eigenvalue weighted by atomic mass is 127. The van der Waals surface area contributed by atoms with Crippen LogP contribution in [-0.4, -0.2) is 53.4 Å². The van der Waals surface area contributed by atoms with Crippen LogP contribution in [0.2, 0.25) is 0 Å². The molecule has 1 N–H and O–H groups in total. The summed E-state index contributed by atoms with van der Waals surface area (Å²) in [7, 11) is 1.87. The number of nitrogens with zero attached hydrogens (tertiary/aromatic N) is 4. The van der Waals surface area contributed by atoms with Crippen molar-refractivity contribution in [1.82, 2.24) is 20.0 Å². The maximum absolute atomic E-state index is 13.0. The summed E-state index contributed by atoms with van der Waals surface area (Å²) in [5, 5.41) is 7.42. The molecule has 2 heterocycles. The van der Waals surface area contributed by atoms with Crippen molar-refractivity contribution in [2.75, 3.05) is 32.8 Å². The van der Waals surface area contributed by atoms with Crippen molar-refractivity contribution in [2.45, 2.75) is 25.6 Å². The average molecular weight is 537 g/mol. The van der Waals surface area contributed by atoms with Gasteiger partial charge in [0.2, 0.25) is 0 Å². The molecule has 0 radical (unpaired) electrons. The van der Waals surface area contributed by atoms with Crippen molar-refractivity contribution < 1.29 is 17.9 Å². The summed E-state index contributed by atoms with van der Waals surface area (Å²) >= 11 is 0. The van der Waals surface area contributed by atoms with Crippen LogP contribution >= 0.6 is 24.0 Å². The second-order valence-corrected chi connectivity index (χ2v) is 6.94. The number of aryl methyl sites for hydroxylation is 1. The molecular weight excluding hydrogens is 510 g/mol. The number of rotatable bonds is 5. The molecule has 3 rings (SSSR count). The van der Waals surface area contributed by atoms with Crippen LogP contribution in [0, 0.1) is 0 Å². The second kappa shape index (κ2) is 11.0. The van der Waals surface area contributed by atoms with E-state index in [0.29, 0.717) is 38.3 Å². The lowest BCUT2D eigenvalue weighted by Crippen LogP contribution is -2.48. The van der Waals surface area contributed by atoms with Crippen LogP contribution in [-0.2, 0) is 24.4 Å². The molecule has 2 aromatic rings. The zero-order valence-corrected chi connectivity index (χ0v) is 19.4. The third kappa shape index (κ3) is 6.59. The Kier molecular flexibility index (Phi) is 8.95. The van der Waals surface area contributed by atoms with Crippen LogP contribution in [0.25, 0.3) is 0 Å². The SMILES string of the molecule is CCNC(=NCCc1cnn(C)c1)N1CCOC(c2cccc(C(F)(F)F)c2)C1.I. The van der Waals surface area contributed by atoms with Gasteiger partial charge in [-0.05, 0) is 36.6 Å². The van der Waals surface area contributed by atoms with Crippen molar-refractivity contribution in [1.29, 1.82) is 0 Å². The molecule has 0 bridgehead atoms. The van der Waals surface area contributed by atoms with Crippen molar-refractivity contribution in [3.63, 3.8) is 0 Å². The molecule has 166 valence electrons. The topological polar surface area (TPSA) is 54.7 Å². The maximum atomic E-state index is 13.0. The smallest absolute Gasteiger partial charge is 0.370 e. The predicted octanol–water partition coefficient (Wildman–Crippen LogP) is 3.64. The molecule has 10 heteroatoms. The molecule has 0 saturated carbocycles. The van der Waals surface area contributed by atoms with E-state index in [4.69, 9.17) is 4.74 Å². The lowest BCUT2D eigenvalue weighted by Gasteiger charge is -2.35. The van der Waals surface area contributed by atoms with Gasteiger partial charge in [0, 0.05) is 32.9 Å². The molecule has 0 amide bonds. The van der Waals surface area contributed by atoms with Gasteiger partial charge in [-0.25, -0.2) is 0 Å². The Balaban J connectivity index is 0.00000320. The molecule has 0 spiro atoms. The van der Waals surface area contributed by atoms with Gasteiger partial charge in [0.05, 0.1) is 24.9 Å². The first-order chi connectivity index (χ1) is 13.9. The van der Waals surface area contributed by atoms with Gasteiger partial charge in [-0.15, -0.1) is 24.0 Å². The average Bonchev–Trinajstić information content (AvgIpc) is 3.12. The Morgan fingerprint density at radius 3 is 2.83 bits per heavy atom. The van der Waals surface area contributed by atoms with E-state index in [1.807, 2.05) is 31.3 Å². The summed E-state index contributed by atoms with van der Waals surface area (Å²) in [4.78, 5) is 6.73. The van der Waals surface area contributed by atoms with Gasteiger partial charge in [0.25, 0.3) is 0 Å². The fourth-order valence-corrected chi connectivity index (χ4v) is 3.28. The van der Waals surface area contributed by atoms with Crippen LogP contribution < -0.4 is 5.32 Å². The fraction of sp³-hybridized carbons (Fsp3) is 0.500. The molecule has 1 aromatic carbocycles. The first kappa shape index (κ1) is 24.4. The van der Waals surface area contributed by atoms with Crippen LogP contribution in [0.4, 0.5) is 13.2 Å². The molecule has 1 aliphatic rings. The molecule has 0 aliphatic carbocycles. The molecule has 30 heavy (non-hydrogen) atoms. The lowest BCUT2D eigenvalue weighted by molar-refractivity contribution is -0.137. The predicted molar refractivity (Wildman–Crippen MR) is 120 cm³/mol. The van der Waals surface area contributed by atoms with Crippen molar-refractivity contribution in [2.24, 2.45) is 12.0 Å². The number of alkyl halides is 3. The van der Waals surface area contributed by atoms with Crippen molar-refractivity contribution in [3.05, 3.63) is 53.3 Å². The molecule has 1 saturated heterocycles. The van der Waals surface area contributed by atoms with Gasteiger partial charge >= 0.3 is 6.18 Å². The first-order valence-corrected chi connectivity index (χ1v) is 9.66. The highest BCUT2D eigenvalue weighted by Crippen LogP contribution is 2.32. The minimum absolute atomic E-state index is 0. The standard InChI is InChI=1S/C20H26F3N5O.HI/c1-3-24-19(25-8-7-15-12-26-27(2)13-15)28-9-10-29-18(14-28)16-5-4-6-17(11-16)20(21,22)23;/h4-6,11-13,18H,3,7-10,14H2,1-2H3,(H,24,25);1H. The number of halogens is 4. The van der Waals surface area contributed by atoms with E-state index < -0.39 is 17.8 Å². The Hall–Kier alpha value is -1.82. The van der Waals surface area contributed by atoms with E-state index in [1.165, 1.54) is 12.1 Å². The Morgan fingerprint density at radius 2 is 2.17 bits per heavy atom. The Morgan fingerprint density at radius 1 is 1.37 bits per heavy atom. The van der Waals surface area contributed by atoms with Crippen LogP contribution in [0.5, 0.6) is 0 Å². The highest BCUT2D eigenvalue weighted by Gasteiger charge is 2.32. The number of benzene rings is 1. The number of aromatic nitrogens is 2. The largest absolute Gasteiger partial charge is 0.416 e. The minimum atomic E-state index is -4.37. The van der Waals surface area contributed by atoms with Gasteiger partial charge in [0.15, 0.2) is 5.96 Å². The number of ether oxygens (including phenoxy) is 1. The first-order valence-electron chi connectivity index (χ1n) is 9.66. The number of guanidine groups is 1. The summed E-state index contributed by atoms with van der Waals surface area (Å²) in [5.41, 5.74) is 0.972. The van der Waals surface area contributed by atoms with Crippen LogP contribution in [0.1, 0.15) is 29.7 Å². The van der Waals surface area contributed by atoms with E-state index in [2.05, 4.69) is 15.4 Å². The third-order valence-corrected chi connectivity index (χ3v) is 4.71. The van der Waals surface area contributed by atoms with Gasteiger partial charge in [-0.2, -0.15) is 18.3 Å². The number of hydrogen-bond acceptors (Lipinski definition) is 3. The van der Waals surface area contributed by atoms with E-state index in [-0.39, 0.29) is 24.0 Å². The molecular formula is C20H27F3IN5O. The second-order valence-electron chi connectivity index (χ2n) is 6.94. The molecule has 1 aromatic heterocycles. The number of nitrogens with one attached hydrogen (secondary N) is 1. The lowest BCUT2D eigenvalue weighted by atomic mass is 10.0. The zero-order valence-electron chi connectivity index (χ0n) is 17.0. The summed E-state index contributed by atoms with van der Waals surface area (Å²) in [6.07, 6.45) is -0.257. The van der Waals surface area contributed by atoms with E-state index in [1.54, 1.807) is 10.7 Å². The molecule has 1 unspecified atom stereocenters. The molecule has 1 fully saturated rings. The van der Waals surface area contributed by atoms with Gasteiger partial charge in [0.1, 0.15) is 6.10 Å². The molecule has 1 aliphatic heterocycles. The van der Waals surface area contributed by atoms with Gasteiger partial charge < -0.3 is 15.0 Å². The number of aliphatic imine (C=N–C) groups is 1. The maximum Gasteiger partial charge on any atom is 0.416 e. The van der Waals surface area contributed by atoms with E-state index in [9.17, 15) is 13.2 Å². The Bertz CT molecular complexity index is 840. The van der Waals surface area contributed by atoms with Gasteiger partial charge in [-0.3, -0.25) is 9.67 Å². The molecule has 6 nitrogen and oxygen atoms in total. The van der Waals surface area contributed by atoms with Gasteiger partial charge in [-0.1, -0.05) is 12.1 Å². The zero-order chi connectivity index (χ0) is 20.9. The quantitative estimate of drug-likeness (QED) is 0.360. The van der Waals surface area contributed by atoms with Crippen LogP contribution in [0.15, 0.2) is 41.7 Å². The summed E-state index contributed by atoms with van der Waals surface area (Å²) in [6.45, 7) is 4.79. The molecule has 1 atom stereocenters. The minimum Gasteiger partial charge on any atom is -0.370 e. The van der Waals surface area contributed by atoms with Crippen LogP contribution in [0.3, 0.4) is 0 Å². The summed E-state index contributed by atoms with van der Waals surface area (Å²) in [5.74, 6) is 0.747. The number of morpholine rings is 1. The normalized spacial score (nSPS) is 17.6. The van der Waals surface area contributed by atoms with Crippen molar-refractivity contribution >= 4 is 29.9 Å². The monoisotopic (exact) mass is 537 g/mol.